The Morgan fingerprint density at radius 3 is 2.62 bits per heavy atom. The van der Waals surface area contributed by atoms with Gasteiger partial charge in [0.15, 0.2) is 0 Å². The Morgan fingerprint density at radius 2 is 1.96 bits per heavy atom. The first-order valence-corrected chi connectivity index (χ1v) is 8.38. The number of fused-ring (bicyclic) bond motifs is 1. The molecule has 0 saturated heterocycles. The number of halogens is 1. The molecule has 0 radical (unpaired) electrons. The van der Waals surface area contributed by atoms with E-state index in [4.69, 9.17) is 0 Å². The van der Waals surface area contributed by atoms with Crippen molar-refractivity contribution in [3.05, 3.63) is 63.1 Å². The Hall–Kier alpha value is -3.03. The van der Waals surface area contributed by atoms with Crippen molar-refractivity contribution < 1.29 is 9.18 Å². The molecule has 0 bridgehead atoms. The topological polar surface area (TPSA) is 92.2 Å². The van der Waals surface area contributed by atoms with E-state index in [9.17, 15) is 14.0 Å². The fraction of sp³-hybridized carbons (Fsp3) is 0.333. The summed E-state index contributed by atoms with van der Waals surface area (Å²) in [5.41, 5.74) is 1.27. The maximum Gasteiger partial charge on any atom is 0.277 e. The molecule has 0 unspecified atom stereocenters. The highest BCUT2D eigenvalue weighted by molar-refractivity contribution is 5.79. The zero-order valence-electron chi connectivity index (χ0n) is 14.8. The highest BCUT2D eigenvalue weighted by atomic mass is 19.1. The van der Waals surface area contributed by atoms with Gasteiger partial charge in [0.05, 0.1) is 18.2 Å². The van der Waals surface area contributed by atoms with Crippen molar-refractivity contribution in [2.45, 2.75) is 39.7 Å². The number of carbonyl (C=O) groups excluding carboxylic acids is 1. The van der Waals surface area contributed by atoms with Crippen LogP contribution in [0.2, 0.25) is 0 Å². The number of H-pyrrole nitrogens is 1. The van der Waals surface area contributed by atoms with E-state index in [0.29, 0.717) is 23.5 Å². The predicted molar refractivity (Wildman–Crippen MR) is 94.4 cm³/mol. The summed E-state index contributed by atoms with van der Waals surface area (Å²) in [5.74, 6) is 0.233. The summed E-state index contributed by atoms with van der Waals surface area (Å²) >= 11 is 0. The number of aromatic amines is 1. The number of nitrogens with one attached hydrogen (secondary N) is 2. The lowest BCUT2D eigenvalue weighted by molar-refractivity contribution is -0.121. The summed E-state index contributed by atoms with van der Waals surface area (Å²) in [6, 6.07) is 5.76. The second-order valence-electron chi connectivity index (χ2n) is 6.18. The largest absolute Gasteiger partial charge is 0.349 e. The van der Waals surface area contributed by atoms with Gasteiger partial charge in [0, 0.05) is 5.56 Å². The first kappa shape index (κ1) is 17.8. The number of carbonyl (C=O) groups is 1. The maximum atomic E-state index is 13.1. The third-order valence-electron chi connectivity index (χ3n) is 4.26. The van der Waals surface area contributed by atoms with E-state index in [2.05, 4.69) is 20.4 Å². The summed E-state index contributed by atoms with van der Waals surface area (Å²) in [7, 11) is 0. The van der Waals surface area contributed by atoms with Crippen molar-refractivity contribution in [2.75, 3.05) is 0 Å². The van der Waals surface area contributed by atoms with Gasteiger partial charge in [0.2, 0.25) is 5.91 Å². The number of aryl methyl sites for hydroxylation is 2. The number of benzene rings is 1. The highest BCUT2D eigenvalue weighted by Crippen LogP contribution is 2.17. The van der Waals surface area contributed by atoms with Crippen molar-refractivity contribution >= 4 is 11.7 Å². The van der Waals surface area contributed by atoms with Crippen LogP contribution in [-0.2, 0) is 11.2 Å². The molecule has 1 aromatic carbocycles. The van der Waals surface area contributed by atoms with Crippen LogP contribution in [0.1, 0.15) is 42.0 Å². The zero-order valence-corrected chi connectivity index (χ0v) is 14.8. The molecule has 0 aliphatic heterocycles. The molecule has 3 aromatic rings. The van der Waals surface area contributed by atoms with Gasteiger partial charge >= 0.3 is 0 Å². The van der Waals surface area contributed by atoms with Crippen LogP contribution in [-0.4, -0.2) is 25.5 Å². The Balaban J connectivity index is 1.82. The second kappa shape index (κ2) is 7.07. The van der Waals surface area contributed by atoms with Gasteiger partial charge in [-0.25, -0.2) is 9.37 Å². The van der Waals surface area contributed by atoms with Crippen LogP contribution in [0.3, 0.4) is 0 Å². The molecular formula is C18H20FN5O2. The minimum Gasteiger partial charge on any atom is -0.349 e. The van der Waals surface area contributed by atoms with Gasteiger partial charge in [-0.15, -0.1) is 0 Å². The van der Waals surface area contributed by atoms with Crippen molar-refractivity contribution in [1.29, 1.82) is 0 Å². The highest BCUT2D eigenvalue weighted by Gasteiger charge is 2.18. The first-order valence-electron chi connectivity index (χ1n) is 8.38. The molecule has 0 saturated carbocycles. The third-order valence-corrected chi connectivity index (χ3v) is 4.26. The quantitative estimate of drug-likeness (QED) is 0.730. The SMILES string of the molecule is CC[C@@H](NC(=O)Cc1c(C)nc2nc(C)[nH]n2c1=O)c1ccc(F)cc1. The molecular weight excluding hydrogens is 337 g/mol. The van der Waals surface area contributed by atoms with E-state index in [-0.39, 0.29) is 35.5 Å². The van der Waals surface area contributed by atoms with E-state index in [1.165, 1.54) is 16.6 Å². The van der Waals surface area contributed by atoms with Gasteiger partial charge in [-0.05, 0) is 38.0 Å². The second-order valence-corrected chi connectivity index (χ2v) is 6.18. The monoisotopic (exact) mass is 357 g/mol. The normalized spacial score (nSPS) is 12.3. The molecule has 0 spiro atoms. The molecule has 7 nitrogen and oxygen atoms in total. The third kappa shape index (κ3) is 3.49. The fourth-order valence-corrected chi connectivity index (χ4v) is 2.89. The van der Waals surface area contributed by atoms with Crippen LogP contribution in [0, 0.1) is 19.7 Å². The van der Waals surface area contributed by atoms with E-state index >= 15 is 0 Å². The van der Waals surface area contributed by atoms with Gasteiger partial charge in [0.25, 0.3) is 11.3 Å². The lowest BCUT2D eigenvalue weighted by Gasteiger charge is -2.17. The summed E-state index contributed by atoms with van der Waals surface area (Å²) in [6.45, 7) is 5.34. The van der Waals surface area contributed by atoms with Crippen molar-refractivity contribution in [3.63, 3.8) is 0 Å². The van der Waals surface area contributed by atoms with Gasteiger partial charge < -0.3 is 5.32 Å². The summed E-state index contributed by atoms with van der Waals surface area (Å²) in [6.07, 6.45) is 0.558. The molecule has 1 amide bonds. The van der Waals surface area contributed by atoms with Crippen LogP contribution in [0.25, 0.3) is 5.78 Å². The Labute approximate surface area is 149 Å². The van der Waals surface area contributed by atoms with Gasteiger partial charge in [-0.2, -0.15) is 9.50 Å². The molecule has 2 aromatic heterocycles. The Kier molecular flexibility index (Phi) is 4.83. The summed E-state index contributed by atoms with van der Waals surface area (Å²) < 4.78 is 14.3. The van der Waals surface area contributed by atoms with E-state index in [0.717, 1.165) is 5.56 Å². The van der Waals surface area contributed by atoms with Crippen LogP contribution < -0.4 is 10.9 Å². The molecule has 3 rings (SSSR count). The van der Waals surface area contributed by atoms with Gasteiger partial charge in [0.1, 0.15) is 11.6 Å². The van der Waals surface area contributed by atoms with E-state index in [1.54, 1.807) is 26.0 Å². The minimum atomic E-state index is -0.335. The minimum absolute atomic E-state index is 0.0869. The number of rotatable bonds is 5. The average molecular weight is 357 g/mol. The lowest BCUT2D eigenvalue weighted by atomic mass is 10.0. The molecule has 0 fully saturated rings. The van der Waals surface area contributed by atoms with Crippen LogP contribution in [0.4, 0.5) is 4.39 Å². The zero-order chi connectivity index (χ0) is 18.8. The summed E-state index contributed by atoms with van der Waals surface area (Å²) in [5, 5.41) is 5.71. The number of amides is 1. The predicted octanol–water partition coefficient (Wildman–Crippen LogP) is 1.98. The standard InChI is InChI=1S/C18H20FN5O2/c1-4-15(12-5-7-13(19)8-6-12)22-16(25)9-14-10(2)20-18-21-11(3)23-24(18)17(14)26/h5-8,15H,4,9H2,1-3H3,(H,22,25)(H,20,21,23)/t15-/m1/s1. The van der Waals surface area contributed by atoms with Gasteiger partial charge in [-0.1, -0.05) is 19.1 Å². The molecule has 136 valence electrons. The Bertz CT molecular complexity index is 1010. The van der Waals surface area contributed by atoms with E-state index in [1.807, 2.05) is 6.92 Å². The molecule has 26 heavy (non-hydrogen) atoms. The molecule has 0 aliphatic carbocycles. The molecule has 0 aliphatic rings. The Morgan fingerprint density at radius 1 is 1.27 bits per heavy atom. The number of hydrogen-bond acceptors (Lipinski definition) is 4. The van der Waals surface area contributed by atoms with Crippen LogP contribution >= 0.6 is 0 Å². The van der Waals surface area contributed by atoms with E-state index < -0.39 is 0 Å². The number of nitrogens with zero attached hydrogens (tertiary/aromatic N) is 3. The van der Waals surface area contributed by atoms with Crippen molar-refractivity contribution in [2.24, 2.45) is 0 Å². The number of hydrogen-bond donors (Lipinski definition) is 2. The van der Waals surface area contributed by atoms with Crippen LogP contribution in [0.5, 0.6) is 0 Å². The first-order chi connectivity index (χ1) is 12.4. The van der Waals surface area contributed by atoms with Gasteiger partial charge in [-0.3, -0.25) is 14.7 Å². The van der Waals surface area contributed by atoms with Crippen LogP contribution in [0.15, 0.2) is 29.1 Å². The average Bonchev–Trinajstić information content (AvgIpc) is 2.98. The summed E-state index contributed by atoms with van der Waals surface area (Å²) in [4.78, 5) is 33.5. The smallest absolute Gasteiger partial charge is 0.277 e. The molecule has 2 heterocycles. The fourth-order valence-electron chi connectivity index (χ4n) is 2.89. The maximum absolute atomic E-state index is 13.1. The van der Waals surface area contributed by atoms with Crippen molar-refractivity contribution in [1.82, 2.24) is 24.9 Å². The number of aromatic nitrogens is 4. The molecule has 2 N–H and O–H groups in total. The molecule has 8 heteroatoms. The van der Waals surface area contributed by atoms with Crippen molar-refractivity contribution in [3.8, 4) is 0 Å². The lowest BCUT2D eigenvalue weighted by Crippen LogP contribution is -2.33. The molecule has 1 atom stereocenters.